The zero-order valence-electron chi connectivity index (χ0n) is 13.1. The van der Waals surface area contributed by atoms with Gasteiger partial charge in [-0.2, -0.15) is 0 Å². The lowest BCUT2D eigenvalue weighted by atomic mass is 10.2. The van der Waals surface area contributed by atoms with Crippen molar-refractivity contribution in [3.05, 3.63) is 0 Å². The molecule has 10 nitrogen and oxygen atoms in total. The molecule has 0 aromatic rings. The zero-order chi connectivity index (χ0) is 17.6. The molecule has 1 aliphatic rings. The minimum Gasteiger partial charge on any atom is -0.444 e. The minimum absolute atomic E-state index is 0.0156. The summed E-state index contributed by atoms with van der Waals surface area (Å²) in [6, 6.07) is 0. The predicted molar refractivity (Wildman–Crippen MR) is 74.4 cm³/mol. The maximum Gasteiger partial charge on any atom is 0.408 e. The van der Waals surface area contributed by atoms with Crippen LogP contribution in [-0.2, 0) is 28.8 Å². The van der Waals surface area contributed by atoms with Crippen LogP contribution in [0.4, 0.5) is 4.79 Å². The third-order valence-electron chi connectivity index (χ3n) is 2.42. The summed E-state index contributed by atoms with van der Waals surface area (Å²) in [6.45, 7) is 4.06. The topological polar surface area (TPSA) is 131 Å². The van der Waals surface area contributed by atoms with Gasteiger partial charge in [-0.1, -0.05) is 0 Å². The van der Waals surface area contributed by atoms with Crippen molar-refractivity contribution in [2.45, 2.75) is 39.2 Å². The summed E-state index contributed by atoms with van der Waals surface area (Å²) >= 11 is 0. The Morgan fingerprint density at radius 1 is 1.04 bits per heavy atom. The smallest absolute Gasteiger partial charge is 0.408 e. The van der Waals surface area contributed by atoms with E-state index < -0.39 is 48.5 Å². The molecule has 1 heterocycles. The number of carbonyl (C=O) groups is 5. The molecule has 23 heavy (non-hydrogen) atoms. The minimum atomic E-state index is -0.973. The van der Waals surface area contributed by atoms with Crippen molar-refractivity contribution in [2.75, 3.05) is 13.1 Å². The van der Waals surface area contributed by atoms with E-state index in [2.05, 4.69) is 15.5 Å². The molecule has 0 aliphatic carbocycles. The van der Waals surface area contributed by atoms with Crippen LogP contribution in [-0.4, -0.2) is 53.5 Å². The zero-order valence-corrected chi connectivity index (χ0v) is 13.1. The van der Waals surface area contributed by atoms with Crippen LogP contribution in [0.15, 0.2) is 0 Å². The quantitative estimate of drug-likeness (QED) is 0.633. The third kappa shape index (κ3) is 6.76. The molecule has 0 bridgehead atoms. The first-order valence-electron chi connectivity index (χ1n) is 6.88. The van der Waals surface area contributed by atoms with E-state index in [9.17, 15) is 24.0 Å². The van der Waals surface area contributed by atoms with Crippen LogP contribution in [0.3, 0.4) is 0 Å². The van der Waals surface area contributed by atoms with Crippen molar-refractivity contribution in [3.63, 3.8) is 0 Å². The molecular weight excluding hydrogens is 310 g/mol. The van der Waals surface area contributed by atoms with Gasteiger partial charge >= 0.3 is 12.1 Å². The molecule has 0 atom stereocenters. The molecule has 0 saturated carbocycles. The van der Waals surface area contributed by atoms with Crippen LogP contribution in [0.25, 0.3) is 0 Å². The fraction of sp³-hybridized carbons (Fsp3) is 0.615. The Morgan fingerprint density at radius 3 is 2.13 bits per heavy atom. The van der Waals surface area contributed by atoms with Crippen LogP contribution < -0.4 is 10.6 Å². The number of hydrogen-bond acceptors (Lipinski definition) is 7. The Kier molecular flexibility index (Phi) is 6.05. The molecule has 0 aromatic carbocycles. The standard InChI is InChI=1S/C13H19N3O7/c1-13(2,3)22-12(21)15-6-8(17)14-7-11(20)23-16-9(18)4-5-10(16)19/h4-7H2,1-3H3,(H,14,17)(H,15,21). The fourth-order valence-electron chi connectivity index (χ4n) is 1.49. The van der Waals surface area contributed by atoms with Gasteiger partial charge in [-0.3, -0.25) is 14.4 Å². The number of amides is 4. The Morgan fingerprint density at radius 2 is 1.61 bits per heavy atom. The van der Waals surface area contributed by atoms with Crippen molar-refractivity contribution in [2.24, 2.45) is 0 Å². The Balaban J connectivity index is 2.25. The lowest BCUT2D eigenvalue weighted by molar-refractivity contribution is -0.196. The number of imide groups is 1. The maximum absolute atomic E-state index is 11.4. The van der Waals surface area contributed by atoms with Crippen molar-refractivity contribution in [1.29, 1.82) is 0 Å². The van der Waals surface area contributed by atoms with Gasteiger partial charge in [0.05, 0.1) is 0 Å². The number of ether oxygens (including phenoxy) is 1. The molecule has 0 radical (unpaired) electrons. The van der Waals surface area contributed by atoms with E-state index in [1.54, 1.807) is 20.8 Å². The number of nitrogens with zero attached hydrogens (tertiary/aromatic N) is 1. The van der Waals surface area contributed by atoms with Crippen LogP contribution in [0.1, 0.15) is 33.6 Å². The molecule has 0 spiro atoms. The van der Waals surface area contributed by atoms with E-state index in [0.29, 0.717) is 5.06 Å². The van der Waals surface area contributed by atoms with Gasteiger partial charge in [-0.15, -0.1) is 5.06 Å². The SMILES string of the molecule is CC(C)(C)OC(=O)NCC(=O)NCC(=O)ON1C(=O)CCC1=O. The van der Waals surface area contributed by atoms with E-state index in [0.717, 1.165) is 0 Å². The molecule has 2 N–H and O–H groups in total. The molecule has 4 amide bonds. The van der Waals surface area contributed by atoms with Gasteiger partial charge in [-0.25, -0.2) is 9.59 Å². The van der Waals surface area contributed by atoms with Gasteiger partial charge in [0, 0.05) is 12.8 Å². The van der Waals surface area contributed by atoms with Crippen molar-refractivity contribution in [1.82, 2.24) is 15.7 Å². The molecule has 1 fully saturated rings. The van der Waals surface area contributed by atoms with E-state index in [4.69, 9.17) is 4.74 Å². The molecule has 0 unspecified atom stereocenters. The van der Waals surface area contributed by atoms with E-state index in [1.165, 1.54) is 0 Å². The van der Waals surface area contributed by atoms with Crippen LogP contribution in [0.2, 0.25) is 0 Å². The maximum atomic E-state index is 11.4. The van der Waals surface area contributed by atoms with Gasteiger partial charge in [-0.05, 0) is 20.8 Å². The van der Waals surface area contributed by atoms with Crippen molar-refractivity contribution in [3.8, 4) is 0 Å². The van der Waals surface area contributed by atoms with E-state index >= 15 is 0 Å². The summed E-state index contributed by atoms with van der Waals surface area (Å²) in [5.74, 6) is -2.85. The summed E-state index contributed by atoms with van der Waals surface area (Å²) < 4.78 is 4.92. The van der Waals surface area contributed by atoms with Crippen LogP contribution in [0.5, 0.6) is 0 Å². The lowest BCUT2D eigenvalue weighted by Crippen LogP contribution is -2.42. The van der Waals surface area contributed by atoms with Gasteiger partial charge in [0.1, 0.15) is 18.7 Å². The second-order valence-corrected chi connectivity index (χ2v) is 5.68. The molecule has 10 heteroatoms. The van der Waals surface area contributed by atoms with Crippen molar-refractivity contribution >= 4 is 29.8 Å². The summed E-state index contributed by atoms with van der Waals surface area (Å²) in [5.41, 5.74) is -0.695. The number of hydroxylamine groups is 2. The number of nitrogens with one attached hydrogen (secondary N) is 2. The second-order valence-electron chi connectivity index (χ2n) is 5.68. The van der Waals surface area contributed by atoms with Gasteiger partial charge in [0.2, 0.25) is 5.91 Å². The number of carbonyl (C=O) groups excluding carboxylic acids is 5. The third-order valence-corrected chi connectivity index (χ3v) is 2.42. The van der Waals surface area contributed by atoms with E-state index in [-0.39, 0.29) is 12.8 Å². The highest BCUT2D eigenvalue weighted by Crippen LogP contribution is 2.11. The lowest BCUT2D eigenvalue weighted by Gasteiger charge is -2.19. The van der Waals surface area contributed by atoms with Crippen molar-refractivity contribution < 1.29 is 33.5 Å². The van der Waals surface area contributed by atoms with Crippen LogP contribution in [0, 0.1) is 0 Å². The molecule has 128 valence electrons. The van der Waals surface area contributed by atoms with Gasteiger partial charge < -0.3 is 20.2 Å². The van der Waals surface area contributed by atoms with E-state index in [1.807, 2.05) is 0 Å². The number of hydrogen-bond donors (Lipinski definition) is 2. The molecule has 1 saturated heterocycles. The highest BCUT2D eigenvalue weighted by molar-refractivity contribution is 6.01. The second kappa shape index (κ2) is 7.56. The fourth-order valence-corrected chi connectivity index (χ4v) is 1.49. The monoisotopic (exact) mass is 329 g/mol. The first-order chi connectivity index (χ1) is 10.6. The summed E-state index contributed by atoms with van der Waals surface area (Å²) in [7, 11) is 0. The molecule has 1 rings (SSSR count). The normalized spacial score (nSPS) is 14.5. The summed E-state index contributed by atoms with van der Waals surface area (Å²) in [4.78, 5) is 61.2. The van der Waals surface area contributed by atoms with Gasteiger partial charge in [0.15, 0.2) is 0 Å². The molecular formula is C13H19N3O7. The largest absolute Gasteiger partial charge is 0.444 e. The molecule has 0 aromatic heterocycles. The van der Waals surface area contributed by atoms with Crippen LogP contribution >= 0.6 is 0 Å². The number of alkyl carbamates (subject to hydrolysis) is 1. The summed E-state index contributed by atoms with van der Waals surface area (Å²) in [6.07, 6.45) is -0.806. The number of rotatable bonds is 5. The Hall–Kier alpha value is -2.65. The molecule has 1 aliphatic heterocycles. The Labute approximate surface area is 132 Å². The first-order valence-corrected chi connectivity index (χ1v) is 6.88. The highest BCUT2D eigenvalue weighted by Gasteiger charge is 2.32. The predicted octanol–water partition coefficient (Wildman–Crippen LogP) is -0.765. The average molecular weight is 329 g/mol. The Bertz CT molecular complexity index is 508. The van der Waals surface area contributed by atoms with Gasteiger partial charge in [0.25, 0.3) is 11.8 Å². The average Bonchev–Trinajstić information content (AvgIpc) is 2.73. The summed E-state index contributed by atoms with van der Waals surface area (Å²) in [5, 5.41) is 4.76. The highest BCUT2D eigenvalue weighted by atomic mass is 16.7. The first kappa shape index (κ1) is 18.4.